The normalized spacial score (nSPS) is 16.9. The van der Waals surface area contributed by atoms with E-state index in [-0.39, 0.29) is 62.6 Å². The summed E-state index contributed by atoms with van der Waals surface area (Å²) >= 11 is 0. The molecule has 0 unspecified atom stereocenters. The van der Waals surface area contributed by atoms with Gasteiger partial charge in [-0.05, 0) is 107 Å². The van der Waals surface area contributed by atoms with Crippen LogP contribution in [0.2, 0.25) is 0 Å². The van der Waals surface area contributed by atoms with Crippen LogP contribution >= 0.6 is 0 Å². The van der Waals surface area contributed by atoms with Crippen molar-refractivity contribution >= 4 is 53.2 Å². The summed E-state index contributed by atoms with van der Waals surface area (Å²) in [5.74, 6) is -8.42. The quantitative estimate of drug-likeness (QED) is 0.0417. The lowest BCUT2D eigenvalue weighted by Crippen LogP contribution is -2.61. The molecule has 16 N–H and O–H groups in total. The number of primary amides is 1. The predicted octanol–water partition coefficient (Wildman–Crippen LogP) is -2.35. The van der Waals surface area contributed by atoms with E-state index < -0.39 is 114 Å². The standard InChI is InChI=1S/C46H68N10O13/c1-24(2)20-35(46(68)69)54-42(64)33(23-37(49)60)52-43(65)36-9-7-19-56(36)45(67)34(22-28-12-16-30(59)17-13-28)53-41(63)32(8-5-6-18-47)51-39(61)25(3)50-44(66)38(26(4)57)55-40(62)31(48)21-27-10-14-29(58)15-11-27/h10-17,24-26,31-36,38,57-59H,5-9,18-23,47-48H2,1-4H3,(H2,49,60)(H,50,66)(H,51,61)(H,52,65)(H,53,63)(H,54,64)(H,55,62)(H,68,69)/t25-,26+,31-,32-,33-,34-,35-,36-,38-/m0/s1. The fourth-order valence-corrected chi connectivity index (χ4v) is 7.56. The fourth-order valence-electron chi connectivity index (χ4n) is 7.56. The summed E-state index contributed by atoms with van der Waals surface area (Å²) in [6.07, 6.45) is -0.942. The number of carbonyl (C=O) groups is 9. The van der Waals surface area contributed by atoms with Gasteiger partial charge >= 0.3 is 5.97 Å². The molecule has 1 heterocycles. The predicted molar refractivity (Wildman–Crippen MR) is 249 cm³/mol. The van der Waals surface area contributed by atoms with E-state index in [9.17, 15) is 63.6 Å². The van der Waals surface area contributed by atoms with Crippen LogP contribution < -0.4 is 49.1 Å². The molecule has 3 rings (SSSR count). The molecular formula is C46H68N10O13. The van der Waals surface area contributed by atoms with Crippen molar-refractivity contribution < 1.29 is 63.6 Å². The number of amides is 8. The van der Waals surface area contributed by atoms with E-state index in [1.165, 1.54) is 55.1 Å². The van der Waals surface area contributed by atoms with Crippen molar-refractivity contribution in [3.8, 4) is 11.5 Å². The number of nitrogens with two attached hydrogens (primary N) is 3. The number of phenolic OH excluding ortho intramolecular Hbond substituents is 2. The number of carboxylic acids is 1. The second-order valence-electron chi connectivity index (χ2n) is 17.7. The zero-order valence-electron chi connectivity index (χ0n) is 39.3. The maximum absolute atomic E-state index is 14.5. The number of carbonyl (C=O) groups excluding carboxylic acids is 8. The van der Waals surface area contributed by atoms with Gasteiger partial charge in [-0.1, -0.05) is 38.1 Å². The lowest BCUT2D eigenvalue weighted by atomic mass is 10.0. The van der Waals surface area contributed by atoms with Crippen LogP contribution in [0.1, 0.15) is 83.8 Å². The SMILES string of the molecule is CC(C)C[C@H](NC(=O)[C@H](CC(N)=O)NC(=O)[C@@H]1CCCN1C(=O)[C@H](Cc1ccc(O)cc1)NC(=O)[C@H](CCCCN)NC(=O)[C@H](C)NC(=O)[C@@H](NC(=O)[C@@H](N)Cc1ccc(O)cc1)[C@@H](C)O)C(=O)O. The molecule has 8 amide bonds. The Kier molecular flexibility index (Phi) is 22.3. The number of aliphatic carboxylic acids is 1. The van der Waals surface area contributed by atoms with Crippen LogP contribution in [0.3, 0.4) is 0 Å². The van der Waals surface area contributed by atoms with E-state index in [2.05, 4.69) is 31.9 Å². The van der Waals surface area contributed by atoms with Gasteiger partial charge in [0.1, 0.15) is 53.8 Å². The molecule has 0 aliphatic carbocycles. The molecule has 23 heteroatoms. The molecule has 380 valence electrons. The number of nitrogens with zero attached hydrogens (tertiary/aromatic N) is 1. The first kappa shape index (κ1) is 56.5. The molecule has 1 saturated heterocycles. The molecule has 0 saturated carbocycles. The number of unbranched alkanes of at least 4 members (excludes halogenated alkanes) is 1. The zero-order chi connectivity index (χ0) is 51.5. The van der Waals surface area contributed by atoms with E-state index in [1.54, 1.807) is 26.0 Å². The highest BCUT2D eigenvalue weighted by Gasteiger charge is 2.40. The molecule has 1 fully saturated rings. The average molecular weight is 969 g/mol. The number of aromatic hydroxyl groups is 2. The molecule has 0 aromatic heterocycles. The Morgan fingerprint density at radius 2 is 1.23 bits per heavy atom. The summed E-state index contributed by atoms with van der Waals surface area (Å²) in [6, 6.07) is 0.902. The van der Waals surface area contributed by atoms with E-state index in [1.807, 2.05) is 0 Å². The van der Waals surface area contributed by atoms with Crippen LogP contribution in [0.4, 0.5) is 0 Å². The van der Waals surface area contributed by atoms with Gasteiger partial charge in [0.15, 0.2) is 0 Å². The maximum Gasteiger partial charge on any atom is 0.326 e. The first-order valence-electron chi connectivity index (χ1n) is 22.8. The molecule has 1 aliphatic heterocycles. The number of aliphatic hydroxyl groups excluding tert-OH is 1. The number of hydrogen-bond donors (Lipinski definition) is 13. The van der Waals surface area contributed by atoms with Crippen molar-refractivity contribution in [2.45, 2.75) is 140 Å². The maximum atomic E-state index is 14.5. The highest BCUT2D eigenvalue weighted by Crippen LogP contribution is 2.22. The first-order chi connectivity index (χ1) is 32.5. The molecule has 2 aromatic rings. The fraction of sp³-hybridized carbons (Fsp3) is 0.543. The summed E-state index contributed by atoms with van der Waals surface area (Å²) in [5, 5.41) is 54.5. The number of aliphatic hydroxyl groups is 1. The minimum atomic E-state index is -1.59. The molecule has 1 aliphatic rings. The second kappa shape index (κ2) is 27.2. The Hall–Kier alpha value is -6.85. The number of benzene rings is 2. The van der Waals surface area contributed by atoms with Crippen LogP contribution in [-0.4, -0.2) is 146 Å². The summed E-state index contributed by atoms with van der Waals surface area (Å²) in [7, 11) is 0. The summed E-state index contributed by atoms with van der Waals surface area (Å²) in [6.45, 7) is 6.34. The molecule has 2 aromatic carbocycles. The van der Waals surface area contributed by atoms with Gasteiger partial charge in [-0.15, -0.1) is 0 Å². The number of likely N-dealkylation sites (tertiary alicyclic amines) is 1. The molecule has 0 spiro atoms. The van der Waals surface area contributed by atoms with Crippen molar-refractivity contribution in [2.75, 3.05) is 13.1 Å². The van der Waals surface area contributed by atoms with Gasteiger partial charge in [0.05, 0.1) is 18.6 Å². The average Bonchev–Trinajstić information content (AvgIpc) is 3.78. The number of carboxylic acid groups (broad SMARTS) is 1. The van der Waals surface area contributed by atoms with Gasteiger partial charge in [-0.3, -0.25) is 38.4 Å². The smallest absolute Gasteiger partial charge is 0.326 e. The van der Waals surface area contributed by atoms with Crippen molar-refractivity contribution in [3.63, 3.8) is 0 Å². The topological polar surface area (TPSA) is 388 Å². The highest BCUT2D eigenvalue weighted by atomic mass is 16.4. The van der Waals surface area contributed by atoms with E-state index in [0.717, 1.165) is 0 Å². The number of nitrogens with one attached hydrogen (secondary N) is 6. The van der Waals surface area contributed by atoms with Crippen LogP contribution in [-0.2, 0) is 56.0 Å². The Morgan fingerprint density at radius 1 is 0.681 bits per heavy atom. The third-order valence-corrected chi connectivity index (χ3v) is 11.3. The highest BCUT2D eigenvalue weighted by molar-refractivity contribution is 5.98. The van der Waals surface area contributed by atoms with Crippen molar-refractivity contribution in [1.29, 1.82) is 0 Å². The number of phenols is 2. The van der Waals surface area contributed by atoms with Crippen molar-refractivity contribution in [3.05, 3.63) is 59.7 Å². The van der Waals surface area contributed by atoms with Gasteiger partial charge in [0, 0.05) is 13.0 Å². The third-order valence-electron chi connectivity index (χ3n) is 11.3. The van der Waals surface area contributed by atoms with Crippen LogP contribution in [0.15, 0.2) is 48.5 Å². The Morgan fingerprint density at radius 3 is 1.77 bits per heavy atom. The lowest BCUT2D eigenvalue weighted by molar-refractivity contribution is -0.144. The molecule has 9 atom stereocenters. The third kappa shape index (κ3) is 18.3. The number of rotatable bonds is 27. The van der Waals surface area contributed by atoms with Gasteiger partial charge in [-0.25, -0.2) is 4.79 Å². The molecule has 69 heavy (non-hydrogen) atoms. The monoisotopic (exact) mass is 968 g/mol. The van der Waals surface area contributed by atoms with Crippen molar-refractivity contribution in [2.24, 2.45) is 23.1 Å². The van der Waals surface area contributed by atoms with Crippen LogP contribution in [0.5, 0.6) is 11.5 Å². The Labute approximate surface area is 400 Å². The van der Waals surface area contributed by atoms with Gasteiger partial charge in [0.25, 0.3) is 0 Å². The van der Waals surface area contributed by atoms with E-state index in [0.29, 0.717) is 30.4 Å². The molecular weight excluding hydrogens is 901 g/mol. The zero-order valence-corrected chi connectivity index (χ0v) is 39.3. The Bertz CT molecular complexity index is 2100. The molecule has 0 radical (unpaired) electrons. The minimum absolute atomic E-state index is 0.0150. The van der Waals surface area contributed by atoms with Crippen molar-refractivity contribution in [1.82, 2.24) is 36.8 Å². The number of hydrogen-bond acceptors (Lipinski definition) is 14. The first-order valence-corrected chi connectivity index (χ1v) is 22.8. The molecule has 23 nitrogen and oxygen atoms in total. The lowest BCUT2D eigenvalue weighted by Gasteiger charge is -2.31. The van der Waals surface area contributed by atoms with Crippen LogP contribution in [0, 0.1) is 5.92 Å². The minimum Gasteiger partial charge on any atom is -0.508 e. The van der Waals surface area contributed by atoms with Gasteiger partial charge in [-0.2, -0.15) is 0 Å². The summed E-state index contributed by atoms with van der Waals surface area (Å²) < 4.78 is 0. The molecule has 0 bridgehead atoms. The summed E-state index contributed by atoms with van der Waals surface area (Å²) in [4.78, 5) is 121. The largest absolute Gasteiger partial charge is 0.508 e. The van der Waals surface area contributed by atoms with Gasteiger partial charge in [0.2, 0.25) is 47.3 Å². The van der Waals surface area contributed by atoms with E-state index in [4.69, 9.17) is 17.2 Å². The van der Waals surface area contributed by atoms with E-state index >= 15 is 0 Å². The summed E-state index contributed by atoms with van der Waals surface area (Å²) in [5.41, 5.74) is 18.3. The van der Waals surface area contributed by atoms with Crippen LogP contribution in [0.25, 0.3) is 0 Å². The van der Waals surface area contributed by atoms with Gasteiger partial charge < -0.3 is 74.4 Å². The second-order valence-corrected chi connectivity index (χ2v) is 17.7. The Balaban J connectivity index is 1.81.